The van der Waals surface area contributed by atoms with Crippen LogP contribution in [0.1, 0.15) is 0 Å². The molecule has 0 saturated carbocycles. The molecule has 0 heterocycles. The van der Waals surface area contributed by atoms with Crippen LogP contribution in [0.3, 0.4) is 0 Å². The van der Waals surface area contributed by atoms with Crippen molar-refractivity contribution in [2.24, 2.45) is 0 Å². The van der Waals surface area contributed by atoms with Gasteiger partial charge in [-0.15, -0.1) is 0 Å². The van der Waals surface area contributed by atoms with Crippen LogP contribution in [0.15, 0.2) is 0 Å². The van der Waals surface area contributed by atoms with Crippen LogP contribution in [0.2, 0.25) is 0 Å². The second kappa shape index (κ2) is 3.87. The molecule has 2 nitrogen and oxygen atoms in total. The van der Waals surface area contributed by atoms with Crippen molar-refractivity contribution in [3.8, 4) is 0 Å². The molecule has 0 aliphatic rings. The maximum absolute atomic E-state index is 9.93. The SMILES string of the molecule is CO[C](=O)[Hg][Cl]. The zero-order chi connectivity index (χ0) is 4.99. The van der Waals surface area contributed by atoms with Crippen molar-refractivity contribution in [1.82, 2.24) is 0 Å². The van der Waals surface area contributed by atoms with E-state index < -0.39 is 23.3 Å². The minimum absolute atomic E-state index is 0.170. The van der Waals surface area contributed by atoms with Gasteiger partial charge in [0.05, 0.1) is 0 Å². The maximum atomic E-state index is 9.93. The predicted molar refractivity (Wildman–Crippen MR) is 18.3 cm³/mol. The van der Waals surface area contributed by atoms with Crippen molar-refractivity contribution in [2.75, 3.05) is 7.11 Å². The van der Waals surface area contributed by atoms with E-state index in [1.54, 1.807) is 0 Å². The first-order chi connectivity index (χ1) is 2.81. The molecule has 6 heavy (non-hydrogen) atoms. The normalized spacial score (nSPS) is 6.33. The third-order valence-corrected chi connectivity index (χ3v) is 4.22. The second-order valence-corrected chi connectivity index (χ2v) is 6.34. The molecule has 0 rings (SSSR count). The average Bonchev–Trinajstić information content (AvgIpc) is 1.65. The Morgan fingerprint density at radius 1 is 2.00 bits per heavy atom. The molecular formula is C2H3ClHgO2. The second-order valence-electron chi connectivity index (χ2n) is 0.710. The van der Waals surface area contributed by atoms with Crippen molar-refractivity contribution >= 4 is 11.7 Å². The third kappa shape index (κ3) is 2.91. The monoisotopic (exact) mass is 296 g/mol. The fraction of sp³-hybridized carbons (Fsp3) is 0.500. The summed E-state index contributed by atoms with van der Waals surface area (Å²) in [6, 6.07) is 0. The van der Waals surface area contributed by atoms with E-state index in [0.29, 0.717) is 0 Å². The van der Waals surface area contributed by atoms with E-state index in [0.717, 1.165) is 0 Å². The molecule has 0 aromatic rings. The van der Waals surface area contributed by atoms with Gasteiger partial charge in [-0.3, -0.25) is 0 Å². The van der Waals surface area contributed by atoms with Crippen molar-refractivity contribution in [2.45, 2.75) is 0 Å². The molecule has 0 fully saturated rings. The number of rotatable bonds is 1. The summed E-state index contributed by atoms with van der Waals surface area (Å²) >= 11 is -1.65. The molecule has 0 aliphatic heterocycles. The Hall–Kier alpha value is 0.695. The van der Waals surface area contributed by atoms with Gasteiger partial charge < -0.3 is 0 Å². The first kappa shape index (κ1) is 6.70. The van der Waals surface area contributed by atoms with Gasteiger partial charge in [-0.1, -0.05) is 0 Å². The van der Waals surface area contributed by atoms with Gasteiger partial charge in [0.15, 0.2) is 0 Å². The fourth-order valence-electron chi connectivity index (χ4n) is 0.0546. The Morgan fingerprint density at radius 2 is 2.50 bits per heavy atom. The zero-order valence-electron chi connectivity index (χ0n) is 3.40. The Morgan fingerprint density at radius 3 is 2.50 bits per heavy atom. The molecule has 0 atom stereocenters. The molecule has 0 unspecified atom stereocenters. The van der Waals surface area contributed by atoms with Gasteiger partial charge in [0.1, 0.15) is 0 Å². The van der Waals surface area contributed by atoms with Crippen LogP contribution >= 0.6 is 8.25 Å². The van der Waals surface area contributed by atoms with Gasteiger partial charge in [-0.05, 0) is 0 Å². The Bertz CT molecular complexity index is 49.5. The molecule has 0 saturated heterocycles. The van der Waals surface area contributed by atoms with Crippen molar-refractivity contribution in [1.29, 1.82) is 0 Å². The number of halogens is 1. The van der Waals surface area contributed by atoms with Crippen LogP contribution in [-0.2, 0) is 28.1 Å². The van der Waals surface area contributed by atoms with Crippen LogP contribution in [0.5, 0.6) is 0 Å². The molecule has 0 bridgehead atoms. The van der Waals surface area contributed by atoms with Crippen molar-refractivity contribution in [3.05, 3.63) is 0 Å². The Labute approximate surface area is 51.7 Å². The summed E-state index contributed by atoms with van der Waals surface area (Å²) in [7, 11) is 6.55. The number of hydrogen-bond donors (Lipinski definition) is 0. The summed E-state index contributed by atoms with van der Waals surface area (Å²) in [6.45, 7) is 0. The summed E-state index contributed by atoms with van der Waals surface area (Å²) in [4.78, 5) is 9.93. The third-order valence-electron chi connectivity index (χ3n) is 0.337. The minimum atomic E-state index is -1.65. The molecule has 32 valence electrons. The number of carbonyl (C=O) groups is 1. The Balaban J connectivity index is 2.99. The van der Waals surface area contributed by atoms with E-state index in [9.17, 15) is 4.79 Å². The molecule has 4 heteroatoms. The summed E-state index contributed by atoms with van der Waals surface area (Å²) in [6.07, 6.45) is 0. The van der Waals surface area contributed by atoms with E-state index in [-0.39, 0.29) is 3.48 Å². The predicted octanol–water partition coefficient (Wildman–Crippen LogP) is 0.989. The van der Waals surface area contributed by atoms with Gasteiger partial charge in [0.2, 0.25) is 0 Å². The molecule has 0 radical (unpaired) electrons. The van der Waals surface area contributed by atoms with Gasteiger partial charge in [0.25, 0.3) is 0 Å². The first-order valence-electron chi connectivity index (χ1n) is 1.44. The van der Waals surface area contributed by atoms with Crippen LogP contribution in [0.25, 0.3) is 0 Å². The number of methoxy groups -OCH3 is 1. The summed E-state index contributed by atoms with van der Waals surface area (Å²) in [5.41, 5.74) is 0. The van der Waals surface area contributed by atoms with E-state index >= 15 is 0 Å². The van der Waals surface area contributed by atoms with Gasteiger partial charge in [-0.25, -0.2) is 0 Å². The van der Waals surface area contributed by atoms with Crippen LogP contribution in [0, 0.1) is 0 Å². The summed E-state index contributed by atoms with van der Waals surface area (Å²) < 4.78 is 4.06. The van der Waals surface area contributed by atoms with Gasteiger partial charge >= 0.3 is 51.7 Å². The van der Waals surface area contributed by atoms with Crippen molar-refractivity contribution in [3.63, 3.8) is 0 Å². The van der Waals surface area contributed by atoms with Crippen LogP contribution in [-0.4, -0.2) is 10.6 Å². The molecular weight excluding hydrogens is 292 g/mol. The van der Waals surface area contributed by atoms with Gasteiger partial charge in [-0.2, -0.15) is 0 Å². The molecule has 0 amide bonds. The standard InChI is InChI=1S/C2H3O2.ClH.Hg/c1-4-2-3;;/h1H3;1H;/q;;+1/p-1. The van der Waals surface area contributed by atoms with Gasteiger partial charge in [0, 0.05) is 0 Å². The molecule has 0 aliphatic carbocycles. The van der Waals surface area contributed by atoms with E-state index in [1.807, 2.05) is 0 Å². The molecule has 0 aromatic heterocycles. The van der Waals surface area contributed by atoms with E-state index in [2.05, 4.69) is 4.74 Å². The summed E-state index contributed by atoms with van der Waals surface area (Å²) in [5, 5.41) is 0. The molecule has 0 N–H and O–H groups in total. The van der Waals surface area contributed by atoms with Crippen LogP contribution in [0.4, 0.5) is 4.79 Å². The molecule has 0 spiro atoms. The number of ether oxygens (including phenoxy) is 1. The van der Waals surface area contributed by atoms with Crippen molar-refractivity contribution < 1.29 is 32.9 Å². The van der Waals surface area contributed by atoms with E-state index in [4.69, 9.17) is 8.25 Å². The topological polar surface area (TPSA) is 26.3 Å². The first-order valence-corrected chi connectivity index (χ1v) is 11.0. The van der Waals surface area contributed by atoms with E-state index in [1.165, 1.54) is 7.11 Å². The quantitative estimate of drug-likeness (QED) is 0.674. The number of hydrogen-bond acceptors (Lipinski definition) is 2. The summed E-state index contributed by atoms with van der Waals surface area (Å²) in [5.74, 6) is 0. The van der Waals surface area contributed by atoms with Crippen LogP contribution < -0.4 is 0 Å². The average molecular weight is 295 g/mol. The molecule has 0 aromatic carbocycles. The Kier molecular flexibility index (Phi) is 4.32. The number of carbonyl (C=O) groups excluding carboxylic acids is 1. The zero-order valence-corrected chi connectivity index (χ0v) is 9.66. The fourth-order valence-corrected chi connectivity index (χ4v) is 1.44.